The molecule has 2 fully saturated rings. The van der Waals surface area contributed by atoms with E-state index in [1.165, 1.54) is 11.1 Å². The van der Waals surface area contributed by atoms with E-state index in [1.54, 1.807) is 5.06 Å². The first-order chi connectivity index (χ1) is 16.2. The number of hydroxylamine groups is 2. The van der Waals surface area contributed by atoms with Crippen LogP contribution in [0.15, 0.2) is 54.6 Å². The Bertz CT molecular complexity index is 854. The lowest BCUT2D eigenvalue weighted by molar-refractivity contribution is -0.197. The van der Waals surface area contributed by atoms with Gasteiger partial charge in [0.15, 0.2) is 0 Å². The van der Waals surface area contributed by atoms with Crippen molar-refractivity contribution in [1.82, 2.24) is 20.2 Å². The van der Waals surface area contributed by atoms with Gasteiger partial charge in [-0.05, 0) is 23.3 Å². The highest BCUT2D eigenvalue weighted by molar-refractivity contribution is 6.30. The van der Waals surface area contributed by atoms with E-state index in [4.69, 9.17) is 21.2 Å². The lowest BCUT2D eigenvalue weighted by atomic mass is 9.96. The first kappa shape index (κ1) is 24.1. The molecule has 2 aromatic carbocycles. The minimum absolute atomic E-state index is 0.00343. The van der Waals surface area contributed by atoms with Gasteiger partial charge < -0.3 is 14.9 Å². The van der Waals surface area contributed by atoms with E-state index in [0.29, 0.717) is 6.61 Å². The summed E-state index contributed by atoms with van der Waals surface area (Å²) in [6.07, 6.45) is 0. The Morgan fingerprint density at radius 3 is 2.27 bits per heavy atom. The highest BCUT2D eigenvalue weighted by Gasteiger charge is 2.26. The van der Waals surface area contributed by atoms with Gasteiger partial charge in [0.25, 0.3) is 0 Å². The first-order valence-electron chi connectivity index (χ1n) is 11.7. The molecule has 0 radical (unpaired) electrons. The van der Waals surface area contributed by atoms with Gasteiger partial charge in [-0.3, -0.25) is 9.80 Å². The van der Waals surface area contributed by atoms with Crippen LogP contribution in [0.2, 0.25) is 5.02 Å². The number of nitrogens with zero attached hydrogens (tertiary/aromatic N) is 3. The Morgan fingerprint density at radius 2 is 1.58 bits per heavy atom. The van der Waals surface area contributed by atoms with Crippen molar-refractivity contribution in [2.45, 2.75) is 6.04 Å². The molecule has 1 unspecified atom stereocenters. The molecule has 2 aromatic rings. The van der Waals surface area contributed by atoms with Crippen molar-refractivity contribution in [3.05, 3.63) is 70.7 Å². The number of rotatable bonds is 9. The molecule has 0 saturated carbocycles. The Morgan fingerprint density at radius 1 is 0.909 bits per heavy atom. The average molecular weight is 473 g/mol. The molecule has 2 heterocycles. The highest BCUT2D eigenvalue weighted by Crippen LogP contribution is 2.30. The fourth-order valence-corrected chi connectivity index (χ4v) is 4.52. The van der Waals surface area contributed by atoms with Crippen molar-refractivity contribution in [1.29, 1.82) is 0 Å². The van der Waals surface area contributed by atoms with Crippen molar-refractivity contribution in [2.24, 2.45) is 0 Å². The number of nitrogens with one attached hydrogen (secondary N) is 1. The van der Waals surface area contributed by atoms with Crippen LogP contribution in [0.4, 0.5) is 0 Å². The quantitative estimate of drug-likeness (QED) is 0.562. The molecule has 33 heavy (non-hydrogen) atoms. The molecule has 4 rings (SSSR count). The number of benzene rings is 2. The summed E-state index contributed by atoms with van der Waals surface area (Å²) >= 11 is 6.13. The number of halogens is 1. The second-order valence-electron chi connectivity index (χ2n) is 8.44. The zero-order valence-corrected chi connectivity index (χ0v) is 19.8. The van der Waals surface area contributed by atoms with Gasteiger partial charge >= 0.3 is 5.97 Å². The van der Waals surface area contributed by atoms with Gasteiger partial charge in [-0.1, -0.05) is 54.1 Å². The van der Waals surface area contributed by atoms with Crippen LogP contribution in [0.1, 0.15) is 17.2 Å². The third kappa shape index (κ3) is 7.24. The van der Waals surface area contributed by atoms with E-state index in [2.05, 4.69) is 57.6 Å². The van der Waals surface area contributed by atoms with Crippen LogP contribution in [0.25, 0.3) is 0 Å². The van der Waals surface area contributed by atoms with Crippen LogP contribution in [0.5, 0.6) is 0 Å². The number of hydrogen-bond donors (Lipinski definition) is 1. The van der Waals surface area contributed by atoms with E-state index in [1.807, 2.05) is 12.1 Å². The normalized spacial score (nSPS) is 19.3. The summed E-state index contributed by atoms with van der Waals surface area (Å²) in [6, 6.07) is 19.0. The van der Waals surface area contributed by atoms with Gasteiger partial charge in [0.05, 0.1) is 12.6 Å². The van der Waals surface area contributed by atoms with Crippen molar-refractivity contribution >= 4 is 17.6 Å². The summed E-state index contributed by atoms with van der Waals surface area (Å²) in [4.78, 5) is 22.2. The summed E-state index contributed by atoms with van der Waals surface area (Å²) in [5.74, 6) is -0.324. The molecular weight excluding hydrogens is 440 g/mol. The van der Waals surface area contributed by atoms with Gasteiger partial charge in [-0.25, -0.2) is 4.79 Å². The van der Waals surface area contributed by atoms with E-state index in [9.17, 15) is 4.79 Å². The van der Waals surface area contributed by atoms with Gasteiger partial charge in [0.2, 0.25) is 0 Å². The fourth-order valence-electron chi connectivity index (χ4n) is 4.39. The Hall–Kier alpha value is -2.00. The Kier molecular flexibility index (Phi) is 9.11. The van der Waals surface area contributed by atoms with Crippen molar-refractivity contribution in [3.63, 3.8) is 0 Å². The lowest BCUT2D eigenvalue weighted by Crippen LogP contribution is -2.48. The molecule has 0 amide bonds. The second kappa shape index (κ2) is 12.5. The van der Waals surface area contributed by atoms with Crippen LogP contribution in [0.3, 0.4) is 0 Å². The summed E-state index contributed by atoms with van der Waals surface area (Å²) in [6.45, 7) is 8.30. The maximum Gasteiger partial charge on any atom is 0.350 e. The highest BCUT2D eigenvalue weighted by atomic mass is 35.5. The molecule has 7 nitrogen and oxygen atoms in total. The van der Waals surface area contributed by atoms with Crippen molar-refractivity contribution in [3.8, 4) is 0 Å². The van der Waals surface area contributed by atoms with E-state index >= 15 is 0 Å². The monoisotopic (exact) mass is 472 g/mol. The first-order valence-corrected chi connectivity index (χ1v) is 12.1. The SMILES string of the molecule is O=C(COCCN1CCN(C(c2ccccc2)c2ccc(Cl)cc2)CC1)ON1CCNCC1. The fraction of sp³-hybridized carbons (Fsp3) is 0.480. The Labute approximate surface area is 201 Å². The molecule has 2 saturated heterocycles. The van der Waals surface area contributed by atoms with Crippen LogP contribution in [-0.2, 0) is 14.4 Å². The maximum absolute atomic E-state index is 11.9. The molecule has 0 spiro atoms. The molecule has 178 valence electrons. The van der Waals surface area contributed by atoms with Gasteiger partial charge in [-0.2, -0.15) is 0 Å². The zero-order valence-electron chi connectivity index (χ0n) is 19.0. The summed E-state index contributed by atoms with van der Waals surface area (Å²) in [5, 5.41) is 5.69. The topological polar surface area (TPSA) is 57.3 Å². The summed E-state index contributed by atoms with van der Waals surface area (Å²) in [5.41, 5.74) is 2.55. The third-order valence-corrected chi connectivity index (χ3v) is 6.40. The minimum atomic E-state index is -0.324. The molecular formula is C25H33ClN4O3. The van der Waals surface area contributed by atoms with Gasteiger partial charge in [0, 0.05) is 63.9 Å². The van der Waals surface area contributed by atoms with E-state index < -0.39 is 0 Å². The van der Waals surface area contributed by atoms with Crippen LogP contribution in [-0.4, -0.2) is 92.9 Å². The third-order valence-electron chi connectivity index (χ3n) is 6.15. The summed E-state index contributed by atoms with van der Waals surface area (Å²) in [7, 11) is 0. The largest absolute Gasteiger partial charge is 0.368 e. The second-order valence-corrected chi connectivity index (χ2v) is 8.87. The maximum atomic E-state index is 11.9. The number of carbonyl (C=O) groups is 1. The predicted octanol–water partition coefficient (Wildman–Crippen LogP) is 2.43. The van der Waals surface area contributed by atoms with E-state index in [0.717, 1.165) is 63.9 Å². The number of hydrogen-bond acceptors (Lipinski definition) is 7. The summed E-state index contributed by atoms with van der Waals surface area (Å²) < 4.78 is 5.58. The van der Waals surface area contributed by atoms with Gasteiger partial charge in [-0.15, -0.1) is 5.06 Å². The molecule has 0 aliphatic carbocycles. The van der Waals surface area contributed by atoms with Crippen molar-refractivity contribution < 1.29 is 14.4 Å². The van der Waals surface area contributed by atoms with Crippen LogP contribution < -0.4 is 5.32 Å². The van der Waals surface area contributed by atoms with Gasteiger partial charge in [0.1, 0.15) is 6.61 Å². The number of ether oxygens (including phenoxy) is 1. The standard InChI is InChI=1S/C25H33ClN4O3/c26-23-8-6-22(7-9-23)25(21-4-2-1-3-5-21)29-16-14-28(15-17-29)18-19-32-20-24(31)33-30-12-10-27-11-13-30/h1-9,25,27H,10-20H2. The number of carbonyl (C=O) groups excluding carboxylic acids is 1. The molecule has 2 aliphatic heterocycles. The Balaban J connectivity index is 1.22. The van der Waals surface area contributed by atoms with Crippen LogP contribution >= 0.6 is 11.6 Å². The average Bonchev–Trinajstić information content (AvgIpc) is 2.85. The predicted molar refractivity (Wildman–Crippen MR) is 129 cm³/mol. The zero-order chi connectivity index (χ0) is 22.9. The molecule has 2 aliphatic rings. The molecule has 1 N–H and O–H groups in total. The molecule has 0 aromatic heterocycles. The smallest absolute Gasteiger partial charge is 0.350 e. The van der Waals surface area contributed by atoms with E-state index in [-0.39, 0.29) is 18.6 Å². The molecule has 8 heteroatoms. The van der Waals surface area contributed by atoms with Crippen molar-refractivity contribution in [2.75, 3.05) is 72.1 Å². The number of piperazine rings is 2. The minimum Gasteiger partial charge on any atom is -0.368 e. The molecule has 1 atom stereocenters. The molecule has 0 bridgehead atoms. The van der Waals surface area contributed by atoms with Crippen LogP contribution in [0, 0.1) is 0 Å². The lowest BCUT2D eigenvalue weighted by Gasteiger charge is -2.39.